The van der Waals surface area contributed by atoms with E-state index in [1.807, 2.05) is 36.4 Å². The van der Waals surface area contributed by atoms with Gasteiger partial charge in [0.15, 0.2) is 0 Å². The van der Waals surface area contributed by atoms with Crippen molar-refractivity contribution in [3.05, 3.63) is 99.3 Å². The minimum absolute atomic E-state index is 0.106. The van der Waals surface area contributed by atoms with Crippen molar-refractivity contribution in [2.24, 2.45) is 0 Å². The van der Waals surface area contributed by atoms with Gasteiger partial charge in [-0.1, -0.05) is 12.1 Å². The molecule has 2 aromatic rings. The van der Waals surface area contributed by atoms with E-state index < -0.39 is 0 Å². The van der Waals surface area contributed by atoms with Crippen LogP contribution < -0.4 is 0 Å². The van der Waals surface area contributed by atoms with Gasteiger partial charge in [0.1, 0.15) is 0 Å². The van der Waals surface area contributed by atoms with Crippen LogP contribution in [0.1, 0.15) is 41.5 Å². The van der Waals surface area contributed by atoms with Gasteiger partial charge in [0.2, 0.25) is 0 Å². The molecule has 0 fully saturated rings. The maximum absolute atomic E-state index is 4.81. The fraction of sp³-hybridized carbons (Fsp3) is 0.385. The summed E-state index contributed by atoms with van der Waals surface area (Å²) < 4.78 is 0. The summed E-state index contributed by atoms with van der Waals surface area (Å²) >= 11 is -0.211. The predicted molar refractivity (Wildman–Crippen MR) is 155 cm³/mol. The van der Waals surface area contributed by atoms with Crippen LogP contribution in [0.5, 0.6) is 0 Å². The second-order valence-electron chi connectivity index (χ2n) is 9.60. The van der Waals surface area contributed by atoms with Crippen molar-refractivity contribution < 1.29 is 31.9 Å². The van der Waals surface area contributed by atoms with Crippen molar-refractivity contribution in [2.75, 3.05) is 13.1 Å². The molecule has 2 aromatic heterocycles. The SMILES string of the molecule is CC(C)(C)N1C=CN(CCN2C=CN(C(C)(C)C)[CH-]2)[CH-]1.[Cl][Pd][Cl].[Cl][Pd][Cl].c1ccncc1.c1ccncc1. The van der Waals surface area contributed by atoms with Crippen molar-refractivity contribution in [1.29, 1.82) is 0 Å². The van der Waals surface area contributed by atoms with Crippen LogP contribution in [0.25, 0.3) is 0 Å². The third kappa shape index (κ3) is 19.5. The molecule has 0 saturated heterocycles. The van der Waals surface area contributed by atoms with Crippen LogP contribution in [-0.2, 0) is 31.9 Å². The molecule has 222 valence electrons. The Labute approximate surface area is 262 Å². The normalized spacial score (nSPS) is 14.1. The van der Waals surface area contributed by atoms with Crippen LogP contribution in [0.2, 0.25) is 0 Å². The summed E-state index contributed by atoms with van der Waals surface area (Å²) in [6.45, 7) is 19.6. The minimum atomic E-state index is -0.106. The summed E-state index contributed by atoms with van der Waals surface area (Å²) in [5.41, 5.74) is 0.294. The first-order chi connectivity index (χ1) is 18.0. The van der Waals surface area contributed by atoms with Gasteiger partial charge in [0.05, 0.1) is 0 Å². The zero-order chi connectivity index (χ0) is 28.9. The minimum Gasteiger partial charge on any atom is -0.265 e. The van der Waals surface area contributed by atoms with Gasteiger partial charge in [-0.15, -0.1) is 0 Å². The van der Waals surface area contributed by atoms with Crippen LogP contribution in [-0.4, -0.2) is 53.7 Å². The van der Waals surface area contributed by atoms with E-state index >= 15 is 0 Å². The van der Waals surface area contributed by atoms with Crippen LogP contribution in [0.3, 0.4) is 0 Å². The number of rotatable bonds is 3. The van der Waals surface area contributed by atoms with Crippen molar-refractivity contribution in [1.82, 2.24) is 29.6 Å². The molecule has 0 saturated carbocycles. The smallest absolute Gasteiger partial charge is 0.0267 e. The number of nitrogens with zero attached hydrogens (tertiary/aromatic N) is 6. The zero-order valence-electron chi connectivity index (χ0n) is 22.5. The van der Waals surface area contributed by atoms with Gasteiger partial charge in [-0.25, -0.2) is 0 Å². The number of hydrogen-bond donors (Lipinski definition) is 0. The fourth-order valence-corrected chi connectivity index (χ4v) is 2.70. The third-order valence-electron chi connectivity index (χ3n) is 4.68. The fourth-order valence-electron chi connectivity index (χ4n) is 2.70. The first-order valence-electron chi connectivity index (χ1n) is 11.5. The Morgan fingerprint density at radius 1 is 0.553 bits per heavy atom. The van der Waals surface area contributed by atoms with Gasteiger partial charge in [-0.3, -0.25) is 9.97 Å². The van der Waals surface area contributed by atoms with E-state index in [4.69, 9.17) is 38.1 Å². The number of aromatic nitrogens is 2. The Morgan fingerprint density at radius 3 is 1.00 bits per heavy atom. The van der Waals surface area contributed by atoms with E-state index in [-0.39, 0.29) is 43.0 Å². The van der Waals surface area contributed by atoms with Gasteiger partial charge < -0.3 is 19.6 Å². The molecule has 0 atom stereocenters. The Kier molecular flexibility index (Phi) is 21.9. The Hall–Kier alpha value is -0.535. The van der Waals surface area contributed by atoms with E-state index in [0.717, 1.165) is 13.1 Å². The summed E-state index contributed by atoms with van der Waals surface area (Å²) in [5.74, 6) is 0. The van der Waals surface area contributed by atoms with Gasteiger partial charge in [0.25, 0.3) is 0 Å². The molecule has 38 heavy (non-hydrogen) atoms. The maximum Gasteiger partial charge on any atom is 0.0267 e. The van der Waals surface area contributed by atoms with Crippen molar-refractivity contribution in [2.45, 2.75) is 52.6 Å². The molecule has 0 bridgehead atoms. The zero-order valence-corrected chi connectivity index (χ0v) is 28.6. The molecule has 4 rings (SSSR count). The van der Waals surface area contributed by atoms with Gasteiger partial charge in [-0.05, 0) is 90.6 Å². The second kappa shape index (κ2) is 22.2. The molecule has 4 heterocycles. The van der Waals surface area contributed by atoms with E-state index in [1.54, 1.807) is 24.8 Å². The molecule has 0 radical (unpaired) electrons. The van der Waals surface area contributed by atoms with E-state index in [2.05, 4.69) is 109 Å². The number of halogens is 4. The Morgan fingerprint density at radius 2 is 0.842 bits per heavy atom. The molecule has 12 heteroatoms. The summed E-state index contributed by atoms with van der Waals surface area (Å²) in [4.78, 5) is 16.6. The third-order valence-corrected chi connectivity index (χ3v) is 4.68. The maximum atomic E-state index is 4.81. The predicted octanol–water partition coefficient (Wildman–Crippen LogP) is 7.92. The van der Waals surface area contributed by atoms with Crippen molar-refractivity contribution >= 4 is 38.1 Å². The second-order valence-corrected chi connectivity index (χ2v) is 14.3. The molecule has 0 spiro atoms. The standard InChI is InChI=1S/C16H28N4.2C5H5N.4ClH.2Pd/c1-15(2,3)19-11-9-17(13-19)7-8-18-10-12-20(14-18)16(4,5)6;2*1-2-4-6-5-3-1;;;;;;/h9-14H,7-8H2,1-6H3;2*1-5H;4*1H;;/q-2;;;;;;;2*+2/p-4. The molecular weight excluding hydrogens is 751 g/mol. The molecule has 0 aromatic carbocycles. The van der Waals surface area contributed by atoms with Crippen LogP contribution >= 0.6 is 38.1 Å². The Balaban J connectivity index is 0.000000613. The average molecular weight is 789 g/mol. The number of hydrogen-bond acceptors (Lipinski definition) is 6. The molecule has 0 unspecified atom stereocenters. The van der Waals surface area contributed by atoms with Gasteiger partial charge in [0, 0.05) is 49.0 Å². The van der Waals surface area contributed by atoms with Crippen LogP contribution in [0, 0.1) is 13.3 Å². The van der Waals surface area contributed by atoms with E-state index in [9.17, 15) is 0 Å². The van der Waals surface area contributed by atoms with Crippen molar-refractivity contribution in [3.63, 3.8) is 0 Å². The van der Waals surface area contributed by atoms with E-state index in [0.29, 0.717) is 0 Å². The quantitative estimate of drug-likeness (QED) is 0.233. The summed E-state index contributed by atoms with van der Waals surface area (Å²) in [6.07, 6.45) is 15.6. The van der Waals surface area contributed by atoms with Crippen molar-refractivity contribution in [3.8, 4) is 0 Å². The van der Waals surface area contributed by atoms with E-state index in [1.165, 1.54) is 0 Å². The topological polar surface area (TPSA) is 38.7 Å². The van der Waals surface area contributed by atoms with Crippen LogP contribution in [0.15, 0.2) is 86.0 Å². The van der Waals surface area contributed by atoms with Gasteiger partial charge >= 0.3 is 70.0 Å². The van der Waals surface area contributed by atoms with Gasteiger partial charge in [-0.2, -0.15) is 13.3 Å². The molecular formula is C26H38Cl4N6Pd2-2. The summed E-state index contributed by atoms with van der Waals surface area (Å²) in [5, 5.41) is 0. The first kappa shape index (κ1) is 37.5. The molecule has 2 aliphatic rings. The molecule has 0 N–H and O–H groups in total. The largest absolute Gasteiger partial charge is 0.265 e. The molecule has 6 nitrogen and oxygen atoms in total. The average Bonchev–Trinajstić information content (AvgIpc) is 3.57. The molecule has 0 aliphatic carbocycles. The Bertz CT molecular complexity index is 727. The van der Waals surface area contributed by atoms with Crippen LogP contribution in [0.4, 0.5) is 0 Å². The molecule has 0 amide bonds. The molecule has 2 aliphatic heterocycles. The monoisotopic (exact) mass is 786 g/mol. The first-order valence-corrected chi connectivity index (χ1v) is 19.5. The summed E-state index contributed by atoms with van der Waals surface area (Å²) in [7, 11) is 19.3. The number of pyridine rings is 2. The summed E-state index contributed by atoms with van der Waals surface area (Å²) in [6, 6.07) is 11.4.